The monoisotopic (exact) mass is 376 g/mol. The lowest BCUT2D eigenvalue weighted by molar-refractivity contribution is -0.153. The Kier molecular flexibility index (Phi) is 5.10. The van der Waals surface area contributed by atoms with Gasteiger partial charge in [-0.1, -0.05) is 0 Å². The van der Waals surface area contributed by atoms with Crippen molar-refractivity contribution in [3.63, 3.8) is 0 Å². The summed E-state index contributed by atoms with van der Waals surface area (Å²) in [7, 11) is 3.09. The molecule has 2 N–H and O–H groups in total. The Morgan fingerprint density at radius 2 is 2.11 bits per heavy atom. The number of rotatable bonds is 7. The van der Waals surface area contributed by atoms with E-state index in [0.29, 0.717) is 17.3 Å². The average molecular weight is 376 g/mol. The zero-order valence-electron chi connectivity index (χ0n) is 15.1. The Labute approximate surface area is 154 Å². The van der Waals surface area contributed by atoms with Crippen LogP contribution in [0.1, 0.15) is 11.4 Å². The van der Waals surface area contributed by atoms with Gasteiger partial charge in [0.2, 0.25) is 5.91 Å². The van der Waals surface area contributed by atoms with E-state index in [1.54, 1.807) is 31.1 Å². The molecule has 2 amide bonds. The number of carbonyl (C=O) groups is 2. The number of likely N-dealkylation sites (tertiary alicyclic amines) is 1. The number of aryl methyl sites for hydroxylation is 1. The third kappa shape index (κ3) is 3.61. The van der Waals surface area contributed by atoms with Gasteiger partial charge in [0, 0.05) is 18.2 Å². The van der Waals surface area contributed by atoms with Crippen molar-refractivity contribution in [1.82, 2.24) is 30.4 Å². The second kappa shape index (κ2) is 7.48. The van der Waals surface area contributed by atoms with Gasteiger partial charge < -0.3 is 24.8 Å². The van der Waals surface area contributed by atoms with E-state index >= 15 is 0 Å². The van der Waals surface area contributed by atoms with Crippen LogP contribution in [0.4, 0.5) is 4.79 Å². The molecule has 0 saturated carbocycles. The summed E-state index contributed by atoms with van der Waals surface area (Å²) in [5.41, 5.74) is 0.777. The van der Waals surface area contributed by atoms with Gasteiger partial charge in [-0.3, -0.25) is 4.79 Å². The van der Waals surface area contributed by atoms with Gasteiger partial charge in [-0.25, -0.2) is 9.48 Å². The predicted molar refractivity (Wildman–Crippen MR) is 91.4 cm³/mol. The molecule has 11 nitrogen and oxygen atoms in total. The number of ether oxygens (including phenoxy) is 2. The number of nitrogens with zero attached hydrogens (tertiary/aromatic N) is 5. The molecular formula is C16H20N6O5. The molecule has 0 bridgehead atoms. The van der Waals surface area contributed by atoms with E-state index < -0.39 is 18.2 Å². The standard InChI is InChI=1S/C16H20N6O5/c1-9-18-19-20-22(9)8-12-14(17-16(24)25)15(23)21(12)7-10-4-5-11(26-2)6-13(10)27-3/h4-6,12,14,17H,7-8H2,1-3H3,(H,24,25)/t12-,14-/m0/s1. The molecule has 1 aliphatic rings. The molecule has 27 heavy (non-hydrogen) atoms. The third-order valence-electron chi connectivity index (χ3n) is 4.52. The molecular weight excluding hydrogens is 356 g/mol. The van der Waals surface area contributed by atoms with Gasteiger partial charge >= 0.3 is 6.09 Å². The summed E-state index contributed by atoms with van der Waals surface area (Å²) in [4.78, 5) is 25.1. The zero-order chi connectivity index (χ0) is 19.6. The van der Waals surface area contributed by atoms with E-state index in [2.05, 4.69) is 20.8 Å². The van der Waals surface area contributed by atoms with E-state index in [-0.39, 0.29) is 19.0 Å². The number of carboxylic acid groups (broad SMARTS) is 1. The first kappa shape index (κ1) is 18.4. The number of hydrogen-bond acceptors (Lipinski definition) is 7. The minimum atomic E-state index is -1.26. The molecule has 2 aromatic rings. The number of tetrazole rings is 1. The Morgan fingerprint density at radius 1 is 1.33 bits per heavy atom. The topological polar surface area (TPSA) is 132 Å². The zero-order valence-corrected chi connectivity index (χ0v) is 15.1. The molecule has 2 atom stereocenters. The lowest BCUT2D eigenvalue weighted by atomic mass is 9.93. The van der Waals surface area contributed by atoms with Gasteiger partial charge in [-0.15, -0.1) is 5.10 Å². The van der Waals surface area contributed by atoms with Crippen molar-refractivity contribution in [3.8, 4) is 11.5 Å². The molecule has 1 aromatic carbocycles. The largest absolute Gasteiger partial charge is 0.497 e. The number of β-lactam (4-membered cyclic amide) rings is 1. The van der Waals surface area contributed by atoms with Gasteiger partial charge in [0.15, 0.2) is 0 Å². The molecule has 0 aliphatic carbocycles. The quantitative estimate of drug-likeness (QED) is 0.648. The molecule has 1 aliphatic heterocycles. The van der Waals surface area contributed by atoms with Crippen LogP contribution >= 0.6 is 0 Å². The highest BCUT2D eigenvalue weighted by Gasteiger charge is 2.48. The maximum absolute atomic E-state index is 12.5. The number of aromatic nitrogens is 4. The van der Waals surface area contributed by atoms with Gasteiger partial charge in [-0.2, -0.15) is 0 Å². The van der Waals surface area contributed by atoms with Crippen molar-refractivity contribution in [2.45, 2.75) is 32.1 Å². The summed E-state index contributed by atoms with van der Waals surface area (Å²) in [6.07, 6.45) is -1.26. The average Bonchev–Trinajstić information content (AvgIpc) is 3.07. The van der Waals surface area contributed by atoms with E-state index in [0.717, 1.165) is 5.56 Å². The fourth-order valence-electron chi connectivity index (χ4n) is 3.06. The Hall–Kier alpha value is -3.37. The smallest absolute Gasteiger partial charge is 0.405 e. The van der Waals surface area contributed by atoms with Crippen LogP contribution in [-0.2, 0) is 17.9 Å². The van der Waals surface area contributed by atoms with Crippen molar-refractivity contribution in [3.05, 3.63) is 29.6 Å². The van der Waals surface area contributed by atoms with Crippen LogP contribution in [0.5, 0.6) is 11.5 Å². The molecule has 0 radical (unpaired) electrons. The summed E-state index contributed by atoms with van der Waals surface area (Å²) in [6, 6.07) is 4.03. The molecule has 3 rings (SSSR count). The van der Waals surface area contributed by atoms with E-state index in [9.17, 15) is 9.59 Å². The Morgan fingerprint density at radius 3 is 2.70 bits per heavy atom. The molecule has 1 saturated heterocycles. The minimum Gasteiger partial charge on any atom is -0.497 e. The summed E-state index contributed by atoms with van der Waals surface area (Å²) in [5.74, 6) is 1.47. The molecule has 2 heterocycles. The van der Waals surface area contributed by atoms with Crippen LogP contribution in [0.15, 0.2) is 18.2 Å². The lowest BCUT2D eigenvalue weighted by Crippen LogP contribution is -2.71. The number of methoxy groups -OCH3 is 2. The highest BCUT2D eigenvalue weighted by atomic mass is 16.5. The van der Waals surface area contributed by atoms with Crippen LogP contribution in [0.2, 0.25) is 0 Å². The van der Waals surface area contributed by atoms with Crippen molar-refractivity contribution in [2.24, 2.45) is 0 Å². The molecule has 1 aromatic heterocycles. The number of hydrogen-bond donors (Lipinski definition) is 2. The normalized spacial score (nSPS) is 18.8. The van der Waals surface area contributed by atoms with Crippen LogP contribution < -0.4 is 14.8 Å². The summed E-state index contributed by atoms with van der Waals surface area (Å²) in [5, 5.41) is 22.6. The van der Waals surface area contributed by atoms with E-state index in [1.807, 2.05) is 6.07 Å². The van der Waals surface area contributed by atoms with Gasteiger partial charge in [0.05, 0.1) is 26.8 Å². The third-order valence-corrected chi connectivity index (χ3v) is 4.52. The number of carbonyl (C=O) groups excluding carboxylic acids is 1. The minimum absolute atomic E-state index is 0.260. The first-order valence-electron chi connectivity index (χ1n) is 8.18. The Bertz CT molecular complexity index is 854. The second-order valence-corrected chi connectivity index (χ2v) is 6.05. The molecule has 0 spiro atoms. The van der Waals surface area contributed by atoms with Crippen molar-refractivity contribution in [2.75, 3.05) is 14.2 Å². The summed E-state index contributed by atoms with van der Waals surface area (Å²) in [6.45, 7) is 2.26. The maximum Gasteiger partial charge on any atom is 0.405 e. The van der Waals surface area contributed by atoms with E-state index in [4.69, 9.17) is 14.6 Å². The fourth-order valence-corrected chi connectivity index (χ4v) is 3.06. The van der Waals surface area contributed by atoms with Crippen molar-refractivity contribution in [1.29, 1.82) is 0 Å². The van der Waals surface area contributed by atoms with Gasteiger partial charge in [-0.05, 0) is 29.5 Å². The van der Waals surface area contributed by atoms with E-state index in [1.165, 1.54) is 11.8 Å². The first-order chi connectivity index (χ1) is 12.9. The number of amides is 2. The number of nitrogens with one attached hydrogen (secondary N) is 1. The summed E-state index contributed by atoms with van der Waals surface area (Å²) >= 11 is 0. The van der Waals surface area contributed by atoms with Crippen LogP contribution in [-0.4, -0.2) is 68.5 Å². The van der Waals surface area contributed by atoms with Crippen molar-refractivity contribution < 1.29 is 24.2 Å². The predicted octanol–water partition coefficient (Wildman–Crippen LogP) is 0.0459. The van der Waals surface area contributed by atoms with Crippen molar-refractivity contribution >= 4 is 12.0 Å². The molecule has 1 fully saturated rings. The molecule has 144 valence electrons. The highest BCUT2D eigenvalue weighted by Crippen LogP contribution is 2.30. The van der Waals surface area contributed by atoms with Crippen LogP contribution in [0.25, 0.3) is 0 Å². The fraction of sp³-hybridized carbons (Fsp3) is 0.438. The SMILES string of the molecule is COc1ccc(CN2C(=O)[C@@H](NC(=O)O)[C@@H]2Cn2nnnc2C)c(OC)c1. The molecule has 0 unspecified atom stereocenters. The number of benzene rings is 1. The highest BCUT2D eigenvalue weighted by molar-refractivity contribution is 5.92. The second-order valence-electron chi connectivity index (χ2n) is 6.05. The van der Waals surface area contributed by atoms with Crippen LogP contribution in [0.3, 0.4) is 0 Å². The maximum atomic E-state index is 12.5. The first-order valence-corrected chi connectivity index (χ1v) is 8.18. The van der Waals surface area contributed by atoms with Crippen LogP contribution in [0, 0.1) is 6.92 Å². The Balaban J connectivity index is 1.83. The lowest BCUT2D eigenvalue weighted by Gasteiger charge is -2.46. The van der Waals surface area contributed by atoms with Gasteiger partial charge in [0.25, 0.3) is 0 Å². The van der Waals surface area contributed by atoms with Gasteiger partial charge in [0.1, 0.15) is 23.4 Å². The molecule has 11 heteroatoms. The summed E-state index contributed by atoms with van der Waals surface area (Å²) < 4.78 is 12.1.